The monoisotopic (exact) mass is 274 g/mol. The van der Waals surface area contributed by atoms with Gasteiger partial charge in [0.15, 0.2) is 0 Å². The van der Waals surface area contributed by atoms with Crippen molar-refractivity contribution in [2.45, 2.75) is 48.2 Å². The summed E-state index contributed by atoms with van der Waals surface area (Å²) in [6.45, 7) is 0. The average Bonchev–Trinajstić information content (AvgIpc) is 2.92. The molecule has 1 aromatic carbocycles. The first-order valence-corrected chi connectivity index (χ1v) is 8.34. The molecule has 0 aromatic heterocycles. The third-order valence-electron chi connectivity index (χ3n) is 4.96. The van der Waals surface area contributed by atoms with Crippen LogP contribution in [0.2, 0.25) is 0 Å². The molecule has 3 heteroatoms. The molecule has 2 unspecified atom stereocenters. The summed E-state index contributed by atoms with van der Waals surface area (Å²) in [6.07, 6.45) is 6.45. The lowest BCUT2D eigenvalue weighted by Gasteiger charge is -2.37. The standard InChI is InChI=1S/C16H18O2S/c17-16(9-14-5-6-15(10-16)19(14)18)13-7-11-3-1-2-4-12(11)8-13/h1-4,7,14-15,17H,5-6,8-10H2. The van der Waals surface area contributed by atoms with E-state index in [0.29, 0.717) is 12.8 Å². The minimum atomic E-state index is -0.710. The molecule has 2 heterocycles. The van der Waals surface area contributed by atoms with Gasteiger partial charge in [0.05, 0.1) is 5.60 Å². The molecule has 2 atom stereocenters. The minimum Gasteiger partial charge on any atom is -0.385 e. The number of fused-ring (bicyclic) bond motifs is 3. The van der Waals surface area contributed by atoms with Gasteiger partial charge in [-0.05, 0) is 48.8 Å². The Hall–Kier alpha value is -0.930. The molecular weight excluding hydrogens is 256 g/mol. The van der Waals surface area contributed by atoms with E-state index < -0.39 is 16.4 Å². The van der Waals surface area contributed by atoms with Gasteiger partial charge < -0.3 is 5.11 Å². The number of hydrogen-bond donors (Lipinski definition) is 1. The topological polar surface area (TPSA) is 37.3 Å². The largest absolute Gasteiger partial charge is 0.385 e. The van der Waals surface area contributed by atoms with Crippen molar-refractivity contribution in [1.82, 2.24) is 0 Å². The van der Waals surface area contributed by atoms with Crippen LogP contribution < -0.4 is 0 Å². The summed E-state index contributed by atoms with van der Waals surface area (Å²) in [5, 5.41) is 11.5. The molecule has 0 saturated carbocycles. The molecule has 0 spiro atoms. The van der Waals surface area contributed by atoms with Gasteiger partial charge in [-0.15, -0.1) is 0 Å². The summed E-state index contributed by atoms with van der Waals surface area (Å²) >= 11 is 0. The molecule has 1 aliphatic carbocycles. The maximum absolute atomic E-state index is 12.1. The van der Waals surface area contributed by atoms with E-state index in [1.807, 2.05) is 6.07 Å². The maximum Gasteiger partial charge on any atom is 0.0886 e. The molecule has 0 radical (unpaired) electrons. The molecule has 1 N–H and O–H groups in total. The highest BCUT2D eigenvalue weighted by atomic mass is 32.2. The third-order valence-corrected chi connectivity index (χ3v) is 7.08. The van der Waals surface area contributed by atoms with E-state index >= 15 is 0 Å². The van der Waals surface area contributed by atoms with E-state index in [9.17, 15) is 9.32 Å². The van der Waals surface area contributed by atoms with Gasteiger partial charge in [0.2, 0.25) is 0 Å². The van der Waals surface area contributed by atoms with Gasteiger partial charge in [0.1, 0.15) is 0 Å². The van der Waals surface area contributed by atoms with Gasteiger partial charge in [-0.1, -0.05) is 30.3 Å². The van der Waals surface area contributed by atoms with E-state index in [4.69, 9.17) is 0 Å². The van der Waals surface area contributed by atoms with Crippen molar-refractivity contribution >= 4 is 16.9 Å². The molecule has 1 aromatic rings. The van der Waals surface area contributed by atoms with Crippen molar-refractivity contribution in [2.24, 2.45) is 0 Å². The summed E-state index contributed by atoms with van der Waals surface area (Å²) in [4.78, 5) is 0. The van der Waals surface area contributed by atoms with Crippen molar-refractivity contribution in [2.75, 3.05) is 0 Å². The number of rotatable bonds is 1. The summed E-state index contributed by atoms with van der Waals surface area (Å²) in [5.74, 6) is 0. The first kappa shape index (κ1) is 11.9. The Labute approximate surface area is 116 Å². The summed E-state index contributed by atoms with van der Waals surface area (Å²) in [7, 11) is -0.703. The van der Waals surface area contributed by atoms with E-state index in [0.717, 1.165) is 24.8 Å². The first-order valence-electron chi connectivity index (χ1n) is 7.06. The van der Waals surface area contributed by atoms with Crippen molar-refractivity contribution in [3.05, 3.63) is 41.0 Å². The summed E-state index contributed by atoms with van der Waals surface area (Å²) in [6, 6.07) is 8.35. The molecule has 3 aliphatic rings. The van der Waals surface area contributed by atoms with Crippen LogP contribution in [0.3, 0.4) is 0 Å². The lowest BCUT2D eigenvalue weighted by molar-refractivity contribution is 0.0591. The van der Waals surface area contributed by atoms with Crippen LogP contribution in [0.25, 0.3) is 6.08 Å². The fraction of sp³-hybridized carbons (Fsp3) is 0.500. The van der Waals surface area contributed by atoms with Gasteiger partial charge in [-0.25, -0.2) is 0 Å². The predicted molar refractivity (Wildman–Crippen MR) is 77.3 cm³/mol. The Balaban J connectivity index is 1.66. The lowest BCUT2D eigenvalue weighted by atomic mass is 9.84. The van der Waals surface area contributed by atoms with Crippen molar-refractivity contribution in [3.8, 4) is 0 Å². The van der Waals surface area contributed by atoms with Crippen LogP contribution in [0.1, 0.15) is 36.8 Å². The zero-order valence-corrected chi connectivity index (χ0v) is 11.7. The lowest BCUT2D eigenvalue weighted by Crippen LogP contribution is -2.43. The zero-order valence-electron chi connectivity index (χ0n) is 10.8. The van der Waals surface area contributed by atoms with Crippen LogP contribution in [-0.4, -0.2) is 25.4 Å². The normalized spacial score (nSPS) is 40.1. The van der Waals surface area contributed by atoms with Gasteiger partial charge >= 0.3 is 0 Å². The number of benzene rings is 1. The molecule has 19 heavy (non-hydrogen) atoms. The highest BCUT2D eigenvalue weighted by molar-refractivity contribution is 7.86. The van der Waals surface area contributed by atoms with E-state index in [1.165, 1.54) is 11.1 Å². The maximum atomic E-state index is 12.1. The molecule has 2 nitrogen and oxygen atoms in total. The zero-order chi connectivity index (χ0) is 13.0. The van der Waals surface area contributed by atoms with Gasteiger partial charge in [-0.3, -0.25) is 4.21 Å². The molecule has 2 aliphatic heterocycles. The molecule has 2 bridgehead atoms. The summed E-state index contributed by atoms with van der Waals surface area (Å²) < 4.78 is 12.1. The Morgan fingerprint density at radius 1 is 1.16 bits per heavy atom. The highest BCUT2D eigenvalue weighted by Crippen LogP contribution is 2.46. The second kappa shape index (κ2) is 4.03. The molecule has 4 rings (SSSR count). The third kappa shape index (κ3) is 1.75. The van der Waals surface area contributed by atoms with Crippen LogP contribution in [-0.2, 0) is 17.2 Å². The number of aliphatic hydroxyl groups is 1. The van der Waals surface area contributed by atoms with Gasteiger partial charge in [-0.2, -0.15) is 0 Å². The van der Waals surface area contributed by atoms with Crippen LogP contribution in [0.5, 0.6) is 0 Å². The van der Waals surface area contributed by atoms with Crippen molar-refractivity contribution in [1.29, 1.82) is 0 Å². The Morgan fingerprint density at radius 2 is 1.84 bits per heavy atom. The number of hydrogen-bond acceptors (Lipinski definition) is 2. The van der Waals surface area contributed by atoms with Gasteiger partial charge in [0.25, 0.3) is 0 Å². The van der Waals surface area contributed by atoms with Crippen molar-refractivity contribution < 1.29 is 9.32 Å². The fourth-order valence-corrected chi connectivity index (χ4v) is 6.08. The quantitative estimate of drug-likeness (QED) is 0.854. The van der Waals surface area contributed by atoms with E-state index in [1.54, 1.807) is 0 Å². The highest BCUT2D eigenvalue weighted by Gasteiger charge is 2.49. The van der Waals surface area contributed by atoms with E-state index in [-0.39, 0.29) is 10.5 Å². The molecule has 100 valence electrons. The first-order chi connectivity index (χ1) is 9.16. The second-order valence-electron chi connectivity index (χ2n) is 6.13. The Kier molecular flexibility index (Phi) is 2.52. The SMILES string of the molecule is O=S1C2CCC1CC(O)(C1=Cc3ccccc3C1)C2. The Bertz CT molecular complexity index is 574. The fourth-order valence-electron chi connectivity index (χ4n) is 3.92. The average molecular weight is 274 g/mol. The van der Waals surface area contributed by atoms with E-state index in [2.05, 4.69) is 24.3 Å². The van der Waals surface area contributed by atoms with Crippen molar-refractivity contribution in [3.63, 3.8) is 0 Å². The summed E-state index contributed by atoms with van der Waals surface area (Å²) in [5.41, 5.74) is 2.98. The second-order valence-corrected chi connectivity index (χ2v) is 8.13. The molecular formula is C16H18O2S. The minimum absolute atomic E-state index is 0.216. The Morgan fingerprint density at radius 3 is 2.53 bits per heavy atom. The van der Waals surface area contributed by atoms with Crippen LogP contribution >= 0.6 is 0 Å². The van der Waals surface area contributed by atoms with Crippen LogP contribution in [0.15, 0.2) is 29.8 Å². The molecule has 2 fully saturated rings. The van der Waals surface area contributed by atoms with Gasteiger partial charge in [0, 0.05) is 21.3 Å². The molecule has 0 amide bonds. The van der Waals surface area contributed by atoms with Crippen LogP contribution in [0, 0.1) is 0 Å². The smallest absolute Gasteiger partial charge is 0.0886 e. The molecule has 2 saturated heterocycles. The predicted octanol–water partition coefficient (Wildman–Crippen LogP) is 2.43. The van der Waals surface area contributed by atoms with Crippen LogP contribution in [0.4, 0.5) is 0 Å².